The lowest BCUT2D eigenvalue weighted by molar-refractivity contribution is 0.0776. The van der Waals surface area contributed by atoms with Gasteiger partial charge in [-0.3, -0.25) is 14.6 Å². The molecule has 0 saturated carbocycles. The van der Waals surface area contributed by atoms with Crippen molar-refractivity contribution in [2.24, 2.45) is 0 Å². The van der Waals surface area contributed by atoms with E-state index in [4.69, 9.17) is 11.6 Å². The zero-order valence-electron chi connectivity index (χ0n) is 20.9. The number of nitrogens with zero attached hydrogens (tertiary/aromatic N) is 5. The van der Waals surface area contributed by atoms with Gasteiger partial charge in [-0.1, -0.05) is 35.9 Å². The van der Waals surface area contributed by atoms with E-state index < -0.39 is 11.7 Å². The van der Waals surface area contributed by atoms with Crippen LogP contribution in [0.4, 0.5) is 10.2 Å². The van der Waals surface area contributed by atoms with E-state index in [0.717, 1.165) is 12.5 Å². The third-order valence-corrected chi connectivity index (χ3v) is 6.91. The molecule has 1 saturated heterocycles. The van der Waals surface area contributed by atoms with Crippen LogP contribution in [0.1, 0.15) is 27.3 Å². The van der Waals surface area contributed by atoms with Crippen molar-refractivity contribution in [1.29, 1.82) is 0 Å². The van der Waals surface area contributed by atoms with E-state index in [-0.39, 0.29) is 39.6 Å². The molecule has 1 fully saturated rings. The number of carbonyl (C=O) groups excluding carboxylic acids is 2. The number of anilines is 1. The number of para-hydroxylation sites is 1. The normalized spacial score (nSPS) is 15.2. The molecule has 8 nitrogen and oxygen atoms in total. The van der Waals surface area contributed by atoms with Crippen LogP contribution in [0.3, 0.4) is 0 Å². The number of likely N-dealkylation sites (N-methyl/N-ethyl adjacent to an activating group) is 1. The molecule has 0 radical (unpaired) electrons. The van der Waals surface area contributed by atoms with Crippen molar-refractivity contribution in [1.82, 2.24) is 24.6 Å². The average Bonchev–Trinajstić information content (AvgIpc) is 3.58. The number of carbonyl (C=O) groups is 2. The number of halogens is 2. The summed E-state index contributed by atoms with van der Waals surface area (Å²) < 4.78 is 16.2. The molecule has 2 amide bonds. The highest BCUT2D eigenvalue weighted by molar-refractivity contribution is 6.34. The van der Waals surface area contributed by atoms with E-state index in [2.05, 4.69) is 20.3 Å². The van der Waals surface area contributed by atoms with Gasteiger partial charge in [0.05, 0.1) is 22.0 Å². The molecule has 1 atom stereocenters. The second kappa shape index (κ2) is 10.7. The van der Waals surface area contributed by atoms with E-state index in [9.17, 15) is 14.0 Å². The minimum absolute atomic E-state index is 0.0476. The number of benzene rings is 2. The monoisotopic (exact) mass is 532 g/mol. The molecule has 4 aromatic rings. The lowest BCUT2D eigenvalue weighted by atomic mass is 10.1. The molecule has 2 aromatic carbocycles. The maximum absolute atomic E-state index is 14.7. The van der Waals surface area contributed by atoms with Crippen LogP contribution in [-0.2, 0) is 0 Å². The topological polar surface area (TPSA) is 83.4 Å². The second-order valence-electron chi connectivity index (χ2n) is 9.30. The fourth-order valence-electron chi connectivity index (χ4n) is 4.48. The van der Waals surface area contributed by atoms with Gasteiger partial charge in [-0.05, 0) is 56.9 Å². The van der Waals surface area contributed by atoms with E-state index in [1.54, 1.807) is 35.4 Å². The molecule has 1 aliphatic rings. The molecular formula is C28H26ClFN6O2. The highest BCUT2D eigenvalue weighted by Crippen LogP contribution is 2.29. The molecule has 0 bridgehead atoms. The van der Waals surface area contributed by atoms with Crippen LogP contribution in [0.5, 0.6) is 0 Å². The SMILES string of the molecule is CN(C)[C@@H]1CCN(C(=O)c2cc(NC(=O)c3cc(-c4ccccn4)c(F)cc3Cl)n(-c3ccccc3)n2)C1. The number of aromatic nitrogens is 3. The van der Waals surface area contributed by atoms with Crippen LogP contribution in [0.15, 0.2) is 72.9 Å². The summed E-state index contributed by atoms with van der Waals surface area (Å²) in [5.74, 6) is -1.09. The highest BCUT2D eigenvalue weighted by atomic mass is 35.5. The lowest BCUT2D eigenvalue weighted by Gasteiger charge is -2.19. The van der Waals surface area contributed by atoms with Crippen LogP contribution in [0.2, 0.25) is 5.02 Å². The number of rotatable bonds is 6. The molecule has 0 aliphatic carbocycles. The Labute approximate surface area is 224 Å². The lowest BCUT2D eigenvalue weighted by Crippen LogP contribution is -2.34. The van der Waals surface area contributed by atoms with Gasteiger partial charge in [0.1, 0.15) is 11.6 Å². The summed E-state index contributed by atoms with van der Waals surface area (Å²) in [6, 6.07) is 18.6. The van der Waals surface area contributed by atoms with Gasteiger partial charge in [-0.15, -0.1) is 0 Å². The molecule has 2 aromatic heterocycles. The molecule has 194 valence electrons. The molecule has 10 heteroatoms. The van der Waals surface area contributed by atoms with Gasteiger partial charge in [0.25, 0.3) is 11.8 Å². The first-order valence-corrected chi connectivity index (χ1v) is 12.5. The Morgan fingerprint density at radius 3 is 2.53 bits per heavy atom. The Morgan fingerprint density at radius 1 is 1.08 bits per heavy atom. The van der Waals surface area contributed by atoms with Crippen LogP contribution in [0, 0.1) is 5.82 Å². The Bertz CT molecular complexity index is 1480. The number of likely N-dealkylation sites (tertiary alicyclic amines) is 1. The summed E-state index contributed by atoms with van der Waals surface area (Å²) in [5, 5.41) is 7.30. The van der Waals surface area contributed by atoms with Gasteiger partial charge in [-0.25, -0.2) is 9.07 Å². The first kappa shape index (κ1) is 25.6. The second-order valence-corrected chi connectivity index (χ2v) is 9.71. The molecule has 5 rings (SSSR count). The standard InChI is InChI=1S/C28H26ClFN6O2/c1-34(2)19-11-13-35(17-19)28(38)25-16-26(36(33-25)18-8-4-3-5-9-18)32-27(37)20-14-21(23(30)15-22(20)29)24-10-6-7-12-31-24/h3-10,12,14-16,19H,11,13,17H2,1-2H3,(H,32,37)/t19-/m1/s1. The van der Waals surface area contributed by atoms with Gasteiger partial charge in [0, 0.05) is 37.0 Å². The van der Waals surface area contributed by atoms with Crippen molar-refractivity contribution in [3.05, 3.63) is 95.0 Å². The number of hydrogen-bond acceptors (Lipinski definition) is 5. The summed E-state index contributed by atoms with van der Waals surface area (Å²) in [7, 11) is 3.99. The average molecular weight is 533 g/mol. The van der Waals surface area contributed by atoms with Gasteiger partial charge in [0.15, 0.2) is 5.69 Å². The van der Waals surface area contributed by atoms with Crippen molar-refractivity contribution >= 4 is 29.2 Å². The van der Waals surface area contributed by atoms with Crippen molar-refractivity contribution in [3.8, 4) is 16.9 Å². The predicted octanol–water partition coefficient (Wildman–Crippen LogP) is 4.76. The van der Waals surface area contributed by atoms with E-state index >= 15 is 0 Å². The smallest absolute Gasteiger partial charge is 0.274 e. The van der Waals surface area contributed by atoms with Crippen LogP contribution < -0.4 is 5.32 Å². The minimum Gasteiger partial charge on any atom is -0.336 e. The van der Waals surface area contributed by atoms with Crippen molar-refractivity contribution in [2.45, 2.75) is 12.5 Å². The zero-order valence-corrected chi connectivity index (χ0v) is 21.7. The first-order valence-electron chi connectivity index (χ1n) is 12.1. The minimum atomic E-state index is -0.589. The van der Waals surface area contributed by atoms with Crippen LogP contribution >= 0.6 is 11.6 Å². The summed E-state index contributed by atoms with van der Waals surface area (Å²) in [5.41, 5.74) is 1.46. The van der Waals surface area contributed by atoms with Gasteiger partial charge >= 0.3 is 0 Å². The Kier molecular flexibility index (Phi) is 7.22. The molecule has 0 spiro atoms. The van der Waals surface area contributed by atoms with Crippen molar-refractivity contribution in [2.75, 3.05) is 32.5 Å². The molecule has 1 N–H and O–H groups in total. The van der Waals surface area contributed by atoms with Crippen LogP contribution in [0.25, 0.3) is 16.9 Å². The highest BCUT2D eigenvalue weighted by Gasteiger charge is 2.30. The predicted molar refractivity (Wildman–Crippen MR) is 144 cm³/mol. The van der Waals surface area contributed by atoms with Gasteiger partial charge in [-0.2, -0.15) is 5.10 Å². The number of amides is 2. The summed E-state index contributed by atoms with van der Waals surface area (Å²) >= 11 is 6.28. The number of hydrogen-bond donors (Lipinski definition) is 1. The maximum Gasteiger partial charge on any atom is 0.274 e. The third kappa shape index (κ3) is 5.16. The van der Waals surface area contributed by atoms with Crippen LogP contribution in [-0.4, -0.2) is 69.6 Å². The molecular weight excluding hydrogens is 507 g/mol. The molecule has 0 unspecified atom stereocenters. The van der Waals surface area contributed by atoms with E-state index in [1.807, 2.05) is 44.4 Å². The summed E-state index contributed by atoms with van der Waals surface area (Å²) in [6.45, 7) is 1.23. The van der Waals surface area contributed by atoms with Crippen molar-refractivity contribution < 1.29 is 14.0 Å². The van der Waals surface area contributed by atoms with Crippen molar-refractivity contribution in [3.63, 3.8) is 0 Å². The summed E-state index contributed by atoms with van der Waals surface area (Å²) in [4.78, 5) is 34.7. The van der Waals surface area contributed by atoms with Gasteiger partial charge in [0.2, 0.25) is 0 Å². The molecule has 1 aliphatic heterocycles. The van der Waals surface area contributed by atoms with E-state index in [0.29, 0.717) is 24.5 Å². The summed E-state index contributed by atoms with van der Waals surface area (Å²) in [6.07, 6.45) is 2.42. The largest absolute Gasteiger partial charge is 0.336 e. The molecule has 38 heavy (non-hydrogen) atoms. The maximum atomic E-state index is 14.7. The fraction of sp³-hybridized carbons (Fsp3) is 0.214. The first-order chi connectivity index (χ1) is 18.3. The number of pyridine rings is 1. The van der Waals surface area contributed by atoms with Gasteiger partial charge < -0.3 is 15.1 Å². The van der Waals surface area contributed by atoms with E-state index in [1.165, 1.54) is 10.7 Å². The Morgan fingerprint density at radius 2 is 1.84 bits per heavy atom. The fourth-order valence-corrected chi connectivity index (χ4v) is 4.71. The Hall–Kier alpha value is -4.08. The Balaban J connectivity index is 1.48. The quantitative estimate of drug-likeness (QED) is 0.387. The third-order valence-electron chi connectivity index (χ3n) is 6.59. The number of nitrogens with one attached hydrogen (secondary N) is 1. The zero-order chi connectivity index (χ0) is 26.8. The molecule has 3 heterocycles.